The highest BCUT2D eigenvalue weighted by Gasteiger charge is 2.38. The zero-order valence-electron chi connectivity index (χ0n) is 32.3. The van der Waals surface area contributed by atoms with Gasteiger partial charge >= 0.3 is 0 Å². The van der Waals surface area contributed by atoms with Crippen LogP contribution in [0.2, 0.25) is 0 Å². The smallest absolute Gasteiger partial charge is 0.0716 e. The number of fused-ring (bicyclic) bond motifs is 4. The summed E-state index contributed by atoms with van der Waals surface area (Å²) in [7, 11) is 0. The molecule has 3 heteroatoms. The highest BCUT2D eigenvalue weighted by atomic mass is 32.2. The normalized spacial score (nSPS) is 22.7. The van der Waals surface area contributed by atoms with Crippen LogP contribution in [-0.4, -0.2) is 0 Å². The van der Waals surface area contributed by atoms with Gasteiger partial charge in [0.15, 0.2) is 0 Å². The van der Waals surface area contributed by atoms with Gasteiger partial charge in [0, 0.05) is 42.6 Å². The molecule has 268 valence electrons. The molecule has 53 heavy (non-hydrogen) atoms. The number of hydrogen-bond donors (Lipinski definition) is 0. The Morgan fingerprint density at radius 3 is 2.15 bits per heavy atom. The van der Waals surface area contributed by atoms with Crippen molar-refractivity contribution in [2.75, 3.05) is 0 Å². The molecular weight excluding hydrogens is 661 g/mol. The van der Waals surface area contributed by atoms with Crippen LogP contribution >= 0.6 is 11.8 Å². The van der Waals surface area contributed by atoms with Gasteiger partial charge in [-0.05, 0) is 96.4 Å². The van der Waals surface area contributed by atoms with Crippen LogP contribution in [0.15, 0.2) is 174 Å². The molecule has 0 spiro atoms. The highest BCUT2D eigenvalue weighted by Crippen LogP contribution is 2.49. The second-order valence-corrected chi connectivity index (χ2v) is 17.4. The van der Waals surface area contributed by atoms with Crippen molar-refractivity contribution in [1.82, 2.24) is 0 Å². The number of nitrogens with zero attached hydrogens (tertiary/aromatic N) is 2. The standard InChI is InChI=1S/C50H52N2S/c1-7-17-36-40(49(3,4)31-44-46(36)38-23-12-14-25-42(38)51-44)29-27-33-19-16-20-34(48(33)53-35-21-10-9-11-22-35)28-30-41-37(18-8-2)47-39-24-13-15-26-43(39)52-45(47)32-50(41,5)6/h9-15,21-32,36H,7-8,16-20H2,1-6H3. The average Bonchev–Trinajstić information content (AvgIpc) is 3.68. The van der Waals surface area contributed by atoms with Crippen molar-refractivity contribution in [2.45, 2.75) is 91.4 Å². The second-order valence-electron chi connectivity index (χ2n) is 16.3. The minimum atomic E-state index is -0.119. The Morgan fingerprint density at radius 2 is 1.40 bits per heavy atom. The zero-order chi connectivity index (χ0) is 36.7. The Bertz CT molecular complexity index is 2460. The summed E-state index contributed by atoms with van der Waals surface area (Å²) in [5.41, 5.74) is 12.2. The Hall–Kier alpha value is -4.47. The summed E-state index contributed by atoms with van der Waals surface area (Å²) in [6.07, 6.45) is 22.5. The second kappa shape index (κ2) is 14.4. The van der Waals surface area contributed by atoms with Crippen molar-refractivity contribution in [3.8, 4) is 0 Å². The van der Waals surface area contributed by atoms with Crippen molar-refractivity contribution < 1.29 is 0 Å². The minimum absolute atomic E-state index is 0.0843. The van der Waals surface area contributed by atoms with Gasteiger partial charge in [-0.2, -0.15) is 0 Å². The van der Waals surface area contributed by atoms with Crippen LogP contribution in [0.5, 0.6) is 0 Å². The fraction of sp³-hybridized carbons (Fsp3) is 0.320. The fourth-order valence-electron chi connectivity index (χ4n) is 9.18. The van der Waals surface area contributed by atoms with Gasteiger partial charge in [-0.15, -0.1) is 0 Å². The first-order valence-electron chi connectivity index (χ1n) is 19.8. The van der Waals surface area contributed by atoms with Crippen LogP contribution in [0, 0.1) is 16.7 Å². The van der Waals surface area contributed by atoms with Gasteiger partial charge in [0.05, 0.1) is 22.1 Å². The largest absolute Gasteiger partial charge is 0.248 e. The summed E-state index contributed by atoms with van der Waals surface area (Å²) in [5, 5.41) is 4.81. The highest BCUT2D eigenvalue weighted by molar-refractivity contribution is 8.03. The molecule has 2 nitrogen and oxygen atoms in total. The van der Waals surface area contributed by atoms with E-state index in [0.717, 1.165) is 61.4 Å². The molecule has 8 rings (SSSR count). The van der Waals surface area contributed by atoms with E-state index >= 15 is 0 Å². The molecule has 2 aliphatic heterocycles. The maximum Gasteiger partial charge on any atom is 0.0716 e. The monoisotopic (exact) mass is 712 g/mol. The number of allylic oxidation sites excluding steroid dienone is 12. The Morgan fingerprint density at radius 1 is 0.717 bits per heavy atom. The third-order valence-electron chi connectivity index (χ3n) is 11.6. The molecular formula is C50H52N2S. The van der Waals surface area contributed by atoms with Crippen LogP contribution in [0.4, 0.5) is 0 Å². The molecule has 5 aliphatic rings. The molecule has 3 aliphatic carbocycles. The Balaban J connectivity index is 1.25. The Kier molecular flexibility index (Phi) is 9.66. The molecule has 3 aromatic rings. The van der Waals surface area contributed by atoms with Gasteiger partial charge in [0.1, 0.15) is 0 Å². The number of benzene rings is 3. The lowest BCUT2D eigenvalue weighted by molar-refractivity contribution is 0.480. The molecule has 2 heterocycles. The molecule has 3 aromatic carbocycles. The fourth-order valence-corrected chi connectivity index (χ4v) is 10.3. The van der Waals surface area contributed by atoms with Crippen LogP contribution < -0.4 is 21.2 Å². The van der Waals surface area contributed by atoms with E-state index in [1.807, 2.05) is 11.8 Å². The first-order valence-corrected chi connectivity index (χ1v) is 20.6. The molecule has 0 saturated heterocycles. The van der Waals surface area contributed by atoms with Crippen molar-refractivity contribution in [3.05, 3.63) is 181 Å². The number of rotatable bonds is 9. The minimum Gasteiger partial charge on any atom is -0.248 e. The first-order chi connectivity index (χ1) is 25.7. The molecule has 0 saturated carbocycles. The first kappa shape index (κ1) is 35.6. The summed E-state index contributed by atoms with van der Waals surface area (Å²) in [6, 6.07) is 28.3. The SMILES string of the molecule is CCCC1=C(C=CC2=C(Sc3ccccc3)C(=CC=C3C(CCC)C4=c5ccccc5=NC4=CC3(C)C)CCC2)C(C)(C)C=C2N=c3ccccc3=C21. The molecule has 0 aromatic heterocycles. The van der Waals surface area contributed by atoms with E-state index in [0.29, 0.717) is 5.92 Å². The van der Waals surface area contributed by atoms with Crippen LogP contribution in [-0.2, 0) is 0 Å². The molecule has 0 fully saturated rings. The van der Waals surface area contributed by atoms with Crippen molar-refractivity contribution in [1.29, 1.82) is 0 Å². The molecule has 1 unspecified atom stereocenters. The van der Waals surface area contributed by atoms with Crippen LogP contribution in [0.3, 0.4) is 0 Å². The van der Waals surface area contributed by atoms with E-state index in [-0.39, 0.29) is 10.8 Å². The third kappa shape index (κ3) is 6.67. The number of hydrogen-bond acceptors (Lipinski definition) is 3. The van der Waals surface area contributed by atoms with Crippen LogP contribution in [0.1, 0.15) is 86.5 Å². The predicted molar refractivity (Wildman–Crippen MR) is 224 cm³/mol. The lowest BCUT2D eigenvalue weighted by Gasteiger charge is -2.37. The maximum absolute atomic E-state index is 5.12. The number of thioether (sulfide) groups is 1. The predicted octanol–water partition coefficient (Wildman–Crippen LogP) is 11.0. The quantitative estimate of drug-likeness (QED) is 0.217. The summed E-state index contributed by atoms with van der Waals surface area (Å²) < 4.78 is 0. The summed E-state index contributed by atoms with van der Waals surface area (Å²) in [4.78, 5) is 12.9. The van der Waals surface area contributed by atoms with Crippen LogP contribution in [0.25, 0.3) is 11.1 Å². The summed E-state index contributed by atoms with van der Waals surface area (Å²) in [6.45, 7) is 14.1. The topological polar surface area (TPSA) is 24.7 Å². The maximum atomic E-state index is 5.12. The van der Waals surface area contributed by atoms with E-state index in [9.17, 15) is 0 Å². The van der Waals surface area contributed by atoms with Gasteiger partial charge in [-0.3, -0.25) is 0 Å². The van der Waals surface area contributed by atoms with Crippen molar-refractivity contribution in [2.24, 2.45) is 26.7 Å². The van der Waals surface area contributed by atoms with Crippen molar-refractivity contribution >= 4 is 22.9 Å². The van der Waals surface area contributed by atoms with E-state index in [4.69, 9.17) is 9.98 Å². The van der Waals surface area contributed by atoms with E-state index < -0.39 is 0 Å². The van der Waals surface area contributed by atoms with E-state index in [1.165, 1.54) is 64.9 Å². The van der Waals surface area contributed by atoms with Gasteiger partial charge in [-0.25, -0.2) is 9.98 Å². The van der Waals surface area contributed by atoms with Crippen molar-refractivity contribution in [3.63, 3.8) is 0 Å². The van der Waals surface area contributed by atoms with E-state index in [1.54, 1.807) is 0 Å². The lowest BCUT2D eigenvalue weighted by atomic mass is 9.67. The van der Waals surface area contributed by atoms with Gasteiger partial charge < -0.3 is 0 Å². The van der Waals surface area contributed by atoms with Gasteiger partial charge in [0.2, 0.25) is 0 Å². The van der Waals surface area contributed by atoms with Gasteiger partial charge in [-0.1, -0.05) is 151 Å². The molecule has 0 amide bonds. The molecule has 0 radical (unpaired) electrons. The summed E-state index contributed by atoms with van der Waals surface area (Å²) >= 11 is 1.94. The lowest BCUT2D eigenvalue weighted by Crippen LogP contribution is -2.30. The van der Waals surface area contributed by atoms with Gasteiger partial charge in [0.25, 0.3) is 0 Å². The third-order valence-corrected chi connectivity index (χ3v) is 12.8. The van der Waals surface area contributed by atoms with E-state index in [2.05, 4.69) is 157 Å². The average molecular weight is 713 g/mol. The zero-order valence-corrected chi connectivity index (χ0v) is 33.1. The molecule has 1 atom stereocenters. The number of para-hydroxylation sites is 2. The Labute approximate surface area is 320 Å². The summed E-state index contributed by atoms with van der Waals surface area (Å²) in [5.74, 6) is 0.358. The molecule has 0 bridgehead atoms. The molecule has 0 N–H and O–H groups in total.